The summed E-state index contributed by atoms with van der Waals surface area (Å²) in [6, 6.07) is 13.0. The fourth-order valence-electron chi connectivity index (χ4n) is 2.84. The molecule has 7 heteroatoms. The Morgan fingerprint density at radius 1 is 1.04 bits per heavy atom. The normalized spacial score (nSPS) is 13.6. The van der Waals surface area contributed by atoms with E-state index in [2.05, 4.69) is 5.32 Å². The molecule has 140 valence electrons. The average molecular weight is 368 g/mol. The molecule has 27 heavy (non-hydrogen) atoms. The van der Waals surface area contributed by atoms with E-state index in [9.17, 15) is 9.59 Å². The number of benzene rings is 2. The van der Waals surface area contributed by atoms with Gasteiger partial charge in [0.1, 0.15) is 17.2 Å². The average Bonchev–Trinajstić information content (AvgIpc) is 2.96. The number of imide groups is 1. The molecule has 0 saturated heterocycles. The monoisotopic (exact) mass is 368 g/mol. The molecular weight excluding hydrogens is 348 g/mol. The number of anilines is 1. The zero-order valence-corrected chi connectivity index (χ0v) is 15.1. The highest BCUT2D eigenvalue weighted by Crippen LogP contribution is 2.34. The van der Waals surface area contributed by atoms with Crippen LogP contribution in [0.2, 0.25) is 0 Å². The number of aliphatic hydroxyl groups is 1. The second kappa shape index (κ2) is 7.92. The summed E-state index contributed by atoms with van der Waals surface area (Å²) in [6.45, 7) is -0.285. The quantitative estimate of drug-likeness (QED) is 0.727. The van der Waals surface area contributed by atoms with Gasteiger partial charge in [0, 0.05) is 23.4 Å². The number of aliphatic hydroxyl groups excluding tert-OH is 1. The Morgan fingerprint density at radius 3 is 2.41 bits per heavy atom. The molecule has 0 aliphatic carbocycles. The first-order valence-electron chi connectivity index (χ1n) is 8.35. The van der Waals surface area contributed by atoms with Crippen LogP contribution >= 0.6 is 0 Å². The van der Waals surface area contributed by atoms with E-state index in [0.29, 0.717) is 17.2 Å². The summed E-state index contributed by atoms with van der Waals surface area (Å²) in [6.07, 6.45) is 1.23. The fraction of sp³-hybridized carbons (Fsp3) is 0.200. The fourth-order valence-corrected chi connectivity index (χ4v) is 2.84. The van der Waals surface area contributed by atoms with E-state index < -0.39 is 11.8 Å². The first-order chi connectivity index (χ1) is 13.1. The molecule has 1 aliphatic heterocycles. The van der Waals surface area contributed by atoms with E-state index in [-0.39, 0.29) is 18.8 Å². The lowest BCUT2D eigenvalue weighted by Crippen LogP contribution is -2.34. The predicted octanol–water partition coefficient (Wildman–Crippen LogP) is 2.03. The molecule has 0 bridgehead atoms. The van der Waals surface area contributed by atoms with Crippen molar-refractivity contribution in [3.05, 3.63) is 54.2 Å². The number of rotatable bonds is 7. The molecule has 2 amide bonds. The number of hydrogen-bond donors (Lipinski definition) is 2. The number of carbonyl (C=O) groups is 2. The Morgan fingerprint density at radius 2 is 1.78 bits per heavy atom. The van der Waals surface area contributed by atoms with Crippen LogP contribution in [0.5, 0.6) is 11.5 Å². The lowest BCUT2D eigenvalue weighted by Gasteiger charge is -2.14. The summed E-state index contributed by atoms with van der Waals surface area (Å²) < 4.78 is 10.6. The first-order valence-corrected chi connectivity index (χ1v) is 8.35. The van der Waals surface area contributed by atoms with Crippen molar-refractivity contribution < 1.29 is 24.2 Å². The Balaban J connectivity index is 1.78. The molecule has 1 heterocycles. The maximum atomic E-state index is 12.2. The van der Waals surface area contributed by atoms with Gasteiger partial charge in [-0.15, -0.1) is 0 Å². The Bertz CT molecular complexity index is 890. The smallest absolute Gasteiger partial charge is 0.277 e. The Kier molecular flexibility index (Phi) is 5.42. The highest BCUT2D eigenvalue weighted by atomic mass is 16.5. The van der Waals surface area contributed by atoms with Crippen molar-refractivity contribution in [1.29, 1.82) is 0 Å². The number of hydrogen-bond acceptors (Lipinski definition) is 6. The molecule has 7 nitrogen and oxygen atoms in total. The largest absolute Gasteiger partial charge is 0.497 e. The van der Waals surface area contributed by atoms with Crippen molar-refractivity contribution in [1.82, 2.24) is 4.90 Å². The van der Waals surface area contributed by atoms with Gasteiger partial charge >= 0.3 is 0 Å². The van der Waals surface area contributed by atoms with E-state index in [0.717, 1.165) is 16.0 Å². The van der Waals surface area contributed by atoms with Crippen LogP contribution in [-0.4, -0.2) is 49.2 Å². The number of carbonyl (C=O) groups excluding carboxylic acids is 2. The van der Waals surface area contributed by atoms with Gasteiger partial charge in [-0.25, -0.2) is 0 Å². The maximum Gasteiger partial charge on any atom is 0.277 e. The van der Waals surface area contributed by atoms with Gasteiger partial charge in [0.2, 0.25) is 0 Å². The van der Waals surface area contributed by atoms with Crippen LogP contribution in [0.1, 0.15) is 0 Å². The molecule has 0 atom stereocenters. The highest BCUT2D eigenvalue weighted by molar-refractivity contribution is 6.17. The SMILES string of the molecule is COc1ccc(-c2ccc(NC3=CC(=O)N(CCO)C3=O)cc2)c(OC)c1. The number of amides is 2. The lowest BCUT2D eigenvalue weighted by molar-refractivity contribution is -0.137. The van der Waals surface area contributed by atoms with Gasteiger partial charge in [-0.2, -0.15) is 0 Å². The molecule has 3 rings (SSSR count). The minimum Gasteiger partial charge on any atom is -0.497 e. The summed E-state index contributed by atoms with van der Waals surface area (Å²) in [5, 5.41) is 11.9. The van der Waals surface area contributed by atoms with Crippen LogP contribution in [0, 0.1) is 0 Å². The molecule has 0 unspecified atom stereocenters. The zero-order chi connectivity index (χ0) is 19.4. The van der Waals surface area contributed by atoms with E-state index in [1.54, 1.807) is 14.2 Å². The van der Waals surface area contributed by atoms with Crippen molar-refractivity contribution in [3.8, 4) is 22.6 Å². The van der Waals surface area contributed by atoms with E-state index in [1.807, 2.05) is 42.5 Å². The van der Waals surface area contributed by atoms with Crippen LogP contribution in [0.15, 0.2) is 54.2 Å². The third-order valence-corrected chi connectivity index (χ3v) is 4.22. The number of β-amino-alcohol motifs (C(OH)–C–C–N with tert-alkyl or cyclic N) is 1. The first kappa shape index (κ1) is 18.5. The molecule has 0 spiro atoms. The molecular formula is C20H20N2O5. The van der Waals surface area contributed by atoms with Crippen LogP contribution in [-0.2, 0) is 9.59 Å². The molecule has 1 aliphatic rings. The van der Waals surface area contributed by atoms with Gasteiger partial charge in [-0.05, 0) is 29.8 Å². The molecule has 0 aromatic heterocycles. The van der Waals surface area contributed by atoms with Gasteiger partial charge in [0.15, 0.2) is 0 Å². The molecule has 2 N–H and O–H groups in total. The van der Waals surface area contributed by atoms with Crippen molar-refractivity contribution in [3.63, 3.8) is 0 Å². The van der Waals surface area contributed by atoms with Gasteiger partial charge in [-0.1, -0.05) is 12.1 Å². The van der Waals surface area contributed by atoms with Crippen LogP contribution < -0.4 is 14.8 Å². The molecule has 0 saturated carbocycles. The van der Waals surface area contributed by atoms with Gasteiger partial charge in [0.05, 0.1) is 27.4 Å². The number of nitrogens with zero attached hydrogens (tertiary/aromatic N) is 1. The van der Waals surface area contributed by atoms with E-state index in [4.69, 9.17) is 14.6 Å². The number of ether oxygens (including phenoxy) is 2. The molecule has 0 fully saturated rings. The third-order valence-electron chi connectivity index (χ3n) is 4.22. The Hall–Kier alpha value is -3.32. The minimum absolute atomic E-state index is 0.0183. The molecule has 2 aromatic rings. The van der Waals surface area contributed by atoms with Gasteiger partial charge in [0.25, 0.3) is 11.8 Å². The van der Waals surface area contributed by atoms with Crippen molar-refractivity contribution in [2.75, 3.05) is 32.7 Å². The second-order valence-electron chi connectivity index (χ2n) is 5.85. The van der Waals surface area contributed by atoms with Gasteiger partial charge < -0.3 is 19.9 Å². The number of methoxy groups -OCH3 is 2. The third kappa shape index (κ3) is 3.78. The van der Waals surface area contributed by atoms with Crippen LogP contribution in [0.3, 0.4) is 0 Å². The summed E-state index contributed by atoms with van der Waals surface area (Å²) in [4.78, 5) is 25.0. The van der Waals surface area contributed by atoms with E-state index >= 15 is 0 Å². The Labute approximate surface area is 156 Å². The maximum absolute atomic E-state index is 12.2. The van der Waals surface area contributed by atoms with Crippen molar-refractivity contribution in [2.24, 2.45) is 0 Å². The minimum atomic E-state index is -0.449. The zero-order valence-electron chi connectivity index (χ0n) is 15.1. The topological polar surface area (TPSA) is 88.1 Å². The van der Waals surface area contributed by atoms with E-state index in [1.165, 1.54) is 6.08 Å². The lowest BCUT2D eigenvalue weighted by atomic mass is 10.0. The summed E-state index contributed by atoms with van der Waals surface area (Å²) in [7, 11) is 3.20. The van der Waals surface area contributed by atoms with Crippen molar-refractivity contribution >= 4 is 17.5 Å². The predicted molar refractivity (Wildman–Crippen MR) is 100 cm³/mol. The van der Waals surface area contributed by atoms with Crippen LogP contribution in [0.4, 0.5) is 5.69 Å². The molecule has 0 radical (unpaired) electrons. The summed E-state index contributed by atoms with van der Waals surface area (Å²) in [5.41, 5.74) is 2.70. The number of nitrogens with one attached hydrogen (secondary N) is 1. The summed E-state index contributed by atoms with van der Waals surface area (Å²) in [5.74, 6) is 0.512. The standard InChI is InChI=1S/C20H20N2O5/c1-26-15-7-8-16(18(11-15)27-2)13-3-5-14(6-4-13)21-17-12-19(24)22(9-10-23)20(17)25/h3-8,11-12,21,23H,9-10H2,1-2H3. The van der Waals surface area contributed by atoms with Crippen molar-refractivity contribution in [2.45, 2.75) is 0 Å². The summed E-state index contributed by atoms with van der Waals surface area (Å²) >= 11 is 0. The highest BCUT2D eigenvalue weighted by Gasteiger charge is 2.30. The van der Waals surface area contributed by atoms with Gasteiger partial charge in [-0.3, -0.25) is 14.5 Å². The second-order valence-corrected chi connectivity index (χ2v) is 5.85. The molecule has 2 aromatic carbocycles. The van der Waals surface area contributed by atoms with Crippen LogP contribution in [0.25, 0.3) is 11.1 Å².